The highest BCUT2D eigenvalue weighted by Gasteiger charge is 2.34. The third-order valence-corrected chi connectivity index (χ3v) is 6.73. The average Bonchev–Trinajstić information content (AvgIpc) is 2.63. The largest absolute Gasteiger partial charge is 0.340 e. The second-order valence-electron chi connectivity index (χ2n) is 6.10. The van der Waals surface area contributed by atoms with E-state index in [9.17, 15) is 22.0 Å². The lowest BCUT2D eigenvalue weighted by molar-refractivity contribution is -0.131. The quantitative estimate of drug-likeness (QED) is 0.773. The predicted molar refractivity (Wildman–Crippen MR) is 96.9 cm³/mol. The second-order valence-corrected chi connectivity index (χ2v) is 8.39. The number of carbonyl (C=O) groups excluding carboxylic acids is 1. The number of hydrogen-bond acceptors (Lipinski definition) is 3. The van der Waals surface area contributed by atoms with Crippen molar-refractivity contribution in [3.63, 3.8) is 0 Å². The molecule has 0 radical (unpaired) electrons. The number of benzene rings is 2. The minimum atomic E-state index is -4.31. The van der Waals surface area contributed by atoms with Crippen molar-refractivity contribution in [2.24, 2.45) is 0 Å². The number of nitrogens with zero attached hydrogens (tertiary/aromatic N) is 2. The lowest BCUT2D eigenvalue weighted by Crippen LogP contribution is -2.51. The van der Waals surface area contributed by atoms with Crippen LogP contribution in [0.15, 0.2) is 47.4 Å². The van der Waals surface area contributed by atoms with Gasteiger partial charge in [-0.15, -0.1) is 0 Å². The van der Waals surface area contributed by atoms with Crippen molar-refractivity contribution in [3.05, 3.63) is 64.7 Å². The summed E-state index contributed by atoms with van der Waals surface area (Å²) < 4.78 is 53.9. The molecule has 1 aliphatic heterocycles. The maximum atomic E-state index is 13.9. The minimum Gasteiger partial charge on any atom is -0.340 e. The van der Waals surface area contributed by atoms with Crippen molar-refractivity contribution in [2.75, 3.05) is 26.2 Å². The fourth-order valence-corrected chi connectivity index (χ4v) is 4.69. The van der Waals surface area contributed by atoms with E-state index in [4.69, 9.17) is 11.6 Å². The van der Waals surface area contributed by atoms with Crippen molar-refractivity contribution in [1.29, 1.82) is 0 Å². The molecule has 0 saturated carbocycles. The van der Waals surface area contributed by atoms with Gasteiger partial charge < -0.3 is 4.90 Å². The first-order chi connectivity index (χ1) is 12.8. The molecule has 0 unspecified atom stereocenters. The van der Waals surface area contributed by atoms with Crippen LogP contribution in [-0.2, 0) is 21.2 Å². The van der Waals surface area contributed by atoms with E-state index in [1.54, 1.807) is 24.3 Å². The van der Waals surface area contributed by atoms with Crippen LogP contribution < -0.4 is 0 Å². The first-order valence-electron chi connectivity index (χ1n) is 8.26. The number of carbonyl (C=O) groups is 1. The van der Waals surface area contributed by atoms with Crippen LogP contribution >= 0.6 is 11.6 Å². The Morgan fingerprint density at radius 2 is 1.56 bits per heavy atom. The van der Waals surface area contributed by atoms with Gasteiger partial charge in [0.15, 0.2) is 4.90 Å². The predicted octanol–water partition coefficient (Wildman–Crippen LogP) is 2.69. The molecular weight excluding hydrogens is 398 g/mol. The number of piperazine rings is 1. The molecule has 3 rings (SSSR count). The summed E-state index contributed by atoms with van der Waals surface area (Å²) in [5.41, 5.74) is 0.688. The molecule has 9 heteroatoms. The summed E-state index contributed by atoms with van der Waals surface area (Å²) in [6.07, 6.45) is 0.106. The summed E-state index contributed by atoms with van der Waals surface area (Å²) in [7, 11) is -4.31. The Morgan fingerprint density at radius 1 is 0.963 bits per heavy atom. The molecule has 5 nitrogen and oxygen atoms in total. The summed E-state index contributed by atoms with van der Waals surface area (Å²) >= 11 is 6.06. The van der Waals surface area contributed by atoms with Gasteiger partial charge in [-0.05, 0) is 23.8 Å². The summed E-state index contributed by atoms with van der Waals surface area (Å²) in [6, 6.07) is 9.90. The molecule has 1 fully saturated rings. The molecule has 1 heterocycles. The molecule has 0 atom stereocenters. The first kappa shape index (κ1) is 19.7. The van der Waals surface area contributed by atoms with Crippen molar-refractivity contribution >= 4 is 27.5 Å². The van der Waals surface area contributed by atoms with Gasteiger partial charge in [-0.1, -0.05) is 35.9 Å². The van der Waals surface area contributed by atoms with E-state index in [0.717, 1.165) is 22.5 Å². The van der Waals surface area contributed by atoms with Crippen LogP contribution in [-0.4, -0.2) is 49.7 Å². The third kappa shape index (κ3) is 4.12. The van der Waals surface area contributed by atoms with E-state index >= 15 is 0 Å². The van der Waals surface area contributed by atoms with Gasteiger partial charge in [-0.2, -0.15) is 4.31 Å². The normalized spacial score (nSPS) is 15.7. The Labute approximate surface area is 161 Å². The van der Waals surface area contributed by atoms with E-state index in [-0.39, 0.29) is 38.5 Å². The number of amides is 1. The zero-order chi connectivity index (χ0) is 19.6. The fourth-order valence-electron chi connectivity index (χ4n) is 2.95. The topological polar surface area (TPSA) is 57.7 Å². The number of sulfonamides is 1. The van der Waals surface area contributed by atoms with Gasteiger partial charge in [0.05, 0.1) is 6.42 Å². The van der Waals surface area contributed by atoms with E-state index in [0.29, 0.717) is 10.6 Å². The van der Waals surface area contributed by atoms with Crippen molar-refractivity contribution < 1.29 is 22.0 Å². The van der Waals surface area contributed by atoms with Gasteiger partial charge in [-0.3, -0.25) is 4.79 Å². The standard InChI is InChI=1S/C18H17ClF2N2O3S/c19-14-5-2-1-4-13(14)12-17(24)22-8-10-23(11-9-22)27(25,26)18-15(20)6-3-7-16(18)21/h1-7H,8-12H2. The van der Waals surface area contributed by atoms with Crippen LogP contribution in [0.2, 0.25) is 5.02 Å². The summed E-state index contributed by atoms with van der Waals surface area (Å²) in [6.45, 7) is 0.200. The molecule has 144 valence electrons. The van der Waals surface area contributed by atoms with Crippen LogP contribution in [0.5, 0.6) is 0 Å². The first-order valence-corrected chi connectivity index (χ1v) is 10.1. The van der Waals surface area contributed by atoms with E-state index in [1.807, 2.05) is 0 Å². The highest BCUT2D eigenvalue weighted by Crippen LogP contribution is 2.24. The maximum Gasteiger partial charge on any atom is 0.249 e. The maximum absolute atomic E-state index is 13.9. The number of hydrogen-bond donors (Lipinski definition) is 0. The van der Waals surface area contributed by atoms with Gasteiger partial charge in [-0.25, -0.2) is 17.2 Å². The van der Waals surface area contributed by atoms with Crippen LogP contribution in [0.3, 0.4) is 0 Å². The molecule has 1 amide bonds. The molecule has 0 N–H and O–H groups in total. The minimum absolute atomic E-state index is 0.0373. The number of halogens is 3. The molecule has 2 aromatic rings. The smallest absolute Gasteiger partial charge is 0.249 e. The highest BCUT2D eigenvalue weighted by atomic mass is 35.5. The lowest BCUT2D eigenvalue weighted by atomic mass is 10.1. The molecule has 0 aromatic heterocycles. The monoisotopic (exact) mass is 414 g/mol. The molecule has 0 spiro atoms. The fraction of sp³-hybridized carbons (Fsp3) is 0.278. The van der Waals surface area contributed by atoms with E-state index in [2.05, 4.69) is 0 Å². The van der Waals surface area contributed by atoms with Gasteiger partial charge in [0.25, 0.3) is 0 Å². The van der Waals surface area contributed by atoms with Crippen LogP contribution in [0.4, 0.5) is 8.78 Å². The summed E-state index contributed by atoms with van der Waals surface area (Å²) in [4.78, 5) is 13.0. The Kier molecular flexibility index (Phi) is 5.78. The Balaban J connectivity index is 1.68. The van der Waals surface area contributed by atoms with Gasteiger partial charge in [0.1, 0.15) is 11.6 Å². The average molecular weight is 415 g/mol. The molecule has 0 bridgehead atoms. The SMILES string of the molecule is O=C(Cc1ccccc1Cl)N1CCN(S(=O)(=O)c2c(F)cccc2F)CC1. The highest BCUT2D eigenvalue weighted by molar-refractivity contribution is 7.89. The molecular formula is C18H17ClF2N2O3S. The van der Waals surface area contributed by atoms with Crippen molar-refractivity contribution in [1.82, 2.24) is 9.21 Å². The molecule has 1 aliphatic rings. The van der Waals surface area contributed by atoms with Gasteiger partial charge in [0, 0.05) is 31.2 Å². The zero-order valence-electron chi connectivity index (χ0n) is 14.2. The molecule has 2 aromatic carbocycles. The summed E-state index contributed by atoms with van der Waals surface area (Å²) in [5.74, 6) is -2.45. The van der Waals surface area contributed by atoms with Crippen LogP contribution in [0.25, 0.3) is 0 Å². The third-order valence-electron chi connectivity index (χ3n) is 4.41. The molecule has 1 saturated heterocycles. The molecule has 0 aliphatic carbocycles. The van der Waals surface area contributed by atoms with E-state index < -0.39 is 26.6 Å². The Bertz CT molecular complexity index is 941. The number of rotatable bonds is 4. The Morgan fingerprint density at radius 3 is 2.15 bits per heavy atom. The van der Waals surface area contributed by atoms with Gasteiger partial charge >= 0.3 is 0 Å². The lowest BCUT2D eigenvalue weighted by Gasteiger charge is -2.34. The van der Waals surface area contributed by atoms with E-state index in [1.165, 1.54) is 4.90 Å². The second kappa shape index (κ2) is 7.92. The van der Waals surface area contributed by atoms with Crippen LogP contribution in [0.1, 0.15) is 5.56 Å². The zero-order valence-corrected chi connectivity index (χ0v) is 15.8. The van der Waals surface area contributed by atoms with Crippen LogP contribution in [0, 0.1) is 11.6 Å². The Hall–Kier alpha value is -2.03. The van der Waals surface area contributed by atoms with Crippen molar-refractivity contribution in [2.45, 2.75) is 11.3 Å². The van der Waals surface area contributed by atoms with Gasteiger partial charge in [0.2, 0.25) is 15.9 Å². The molecule has 27 heavy (non-hydrogen) atoms. The van der Waals surface area contributed by atoms with Crippen molar-refractivity contribution in [3.8, 4) is 0 Å². The summed E-state index contributed by atoms with van der Waals surface area (Å²) in [5, 5.41) is 0.488.